The van der Waals surface area contributed by atoms with Crippen molar-refractivity contribution in [2.45, 2.75) is 45.3 Å². The molecule has 2 atom stereocenters. The Hall–Kier alpha value is -0.610. The van der Waals surface area contributed by atoms with E-state index >= 15 is 0 Å². The number of amides is 1. The lowest BCUT2D eigenvalue weighted by molar-refractivity contribution is -0.122. The number of nitrogens with one attached hydrogen (secondary N) is 1. The second-order valence-corrected chi connectivity index (χ2v) is 4.45. The van der Waals surface area contributed by atoms with Gasteiger partial charge >= 0.3 is 0 Å². The van der Waals surface area contributed by atoms with E-state index in [1.807, 2.05) is 21.0 Å². The third-order valence-corrected chi connectivity index (χ3v) is 2.21. The summed E-state index contributed by atoms with van der Waals surface area (Å²) in [6.07, 6.45) is 1.50. The molecule has 4 heteroatoms. The highest BCUT2D eigenvalue weighted by atomic mass is 16.3. The van der Waals surface area contributed by atoms with Crippen molar-refractivity contribution in [3.63, 3.8) is 0 Å². The summed E-state index contributed by atoms with van der Waals surface area (Å²) >= 11 is 0. The number of rotatable bonds is 7. The lowest BCUT2D eigenvalue weighted by Gasteiger charge is -2.16. The number of hydrogen-bond acceptors (Lipinski definition) is 3. The van der Waals surface area contributed by atoms with Crippen molar-refractivity contribution in [2.24, 2.45) is 0 Å². The van der Waals surface area contributed by atoms with Crippen LogP contribution in [0.3, 0.4) is 0 Å². The highest BCUT2D eigenvalue weighted by molar-refractivity contribution is 5.76. The summed E-state index contributed by atoms with van der Waals surface area (Å²) in [5, 5.41) is 11.9. The van der Waals surface area contributed by atoms with E-state index in [0.29, 0.717) is 12.8 Å². The van der Waals surface area contributed by atoms with Gasteiger partial charge in [-0.25, -0.2) is 0 Å². The average molecular weight is 216 g/mol. The smallest absolute Gasteiger partial charge is 0.220 e. The van der Waals surface area contributed by atoms with E-state index in [4.69, 9.17) is 5.11 Å². The van der Waals surface area contributed by atoms with Crippen molar-refractivity contribution in [1.82, 2.24) is 10.2 Å². The third-order valence-electron chi connectivity index (χ3n) is 2.21. The molecule has 0 fully saturated rings. The van der Waals surface area contributed by atoms with Crippen LogP contribution in [0.2, 0.25) is 0 Å². The van der Waals surface area contributed by atoms with Crippen molar-refractivity contribution in [1.29, 1.82) is 0 Å². The predicted molar refractivity (Wildman–Crippen MR) is 61.7 cm³/mol. The number of carbonyl (C=O) groups is 1. The van der Waals surface area contributed by atoms with Gasteiger partial charge in [-0.2, -0.15) is 0 Å². The molecule has 0 rings (SSSR count). The minimum Gasteiger partial charge on any atom is -0.393 e. The second-order valence-electron chi connectivity index (χ2n) is 4.45. The average Bonchev–Trinajstić information content (AvgIpc) is 2.11. The molecule has 0 aliphatic rings. The molecular weight excluding hydrogens is 192 g/mol. The fourth-order valence-corrected chi connectivity index (χ4v) is 1.21. The molecular formula is C11H24N2O2. The number of nitrogens with zero attached hydrogens (tertiary/aromatic N) is 1. The van der Waals surface area contributed by atoms with Crippen LogP contribution in [0.4, 0.5) is 0 Å². The van der Waals surface area contributed by atoms with Gasteiger partial charge in [0.25, 0.3) is 0 Å². The van der Waals surface area contributed by atoms with Gasteiger partial charge < -0.3 is 15.3 Å². The van der Waals surface area contributed by atoms with Crippen LogP contribution in [0.5, 0.6) is 0 Å². The van der Waals surface area contributed by atoms with Gasteiger partial charge in [0.15, 0.2) is 0 Å². The quantitative estimate of drug-likeness (QED) is 0.655. The first-order valence-electron chi connectivity index (χ1n) is 5.54. The molecule has 90 valence electrons. The van der Waals surface area contributed by atoms with E-state index in [9.17, 15) is 4.79 Å². The molecule has 0 radical (unpaired) electrons. The summed E-state index contributed by atoms with van der Waals surface area (Å²) in [6.45, 7) is 4.67. The van der Waals surface area contributed by atoms with Crippen molar-refractivity contribution in [2.75, 3.05) is 20.6 Å². The van der Waals surface area contributed by atoms with Gasteiger partial charge in [0.1, 0.15) is 0 Å². The second kappa shape index (κ2) is 7.65. The first-order valence-corrected chi connectivity index (χ1v) is 5.54. The van der Waals surface area contributed by atoms with Gasteiger partial charge in [-0.1, -0.05) is 0 Å². The van der Waals surface area contributed by atoms with E-state index in [-0.39, 0.29) is 11.9 Å². The number of aliphatic hydroxyl groups is 1. The molecule has 15 heavy (non-hydrogen) atoms. The van der Waals surface area contributed by atoms with Crippen molar-refractivity contribution in [3.05, 3.63) is 0 Å². The Bertz CT molecular complexity index is 181. The minimum atomic E-state index is -0.396. The Labute approximate surface area is 92.7 Å². The Kier molecular flexibility index (Phi) is 7.34. The molecule has 0 bridgehead atoms. The molecule has 2 N–H and O–H groups in total. The van der Waals surface area contributed by atoms with Gasteiger partial charge in [0, 0.05) is 12.5 Å². The lowest BCUT2D eigenvalue weighted by Crippen LogP contribution is -2.34. The van der Waals surface area contributed by atoms with Gasteiger partial charge in [-0.15, -0.1) is 0 Å². The normalized spacial score (nSPS) is 15.1. The standard InChI is InChI=1S/C11H24N2O2/c1-9(7-8-13(3)4)12-11(15)6-5-10(2)14/h9-10,14H,5-8H2,1-4H3,(H,12,15). The van der Waals surface area contributed by atoms with Crippen LogP contribution in [0, 0.1) is 0 Å². The van der Waals surface area contributed by atoms with Crippen molar-refractivity contribution < 1.29 is 9.90 Å². The van der Waals surface area contributed by atoms with Gasteiger partial charge in [0.05, 0.1) is 6.10 Å². The lowest BCUT2D eigenvalue weighted by atomic mass is 10.2. The summed E-state index contributed by atoms with van der Waals surface area (Å²) in [5.74, 6) is 0.0298. The molecule has 0 saturated carbocycles. The van der Waals surface area contributed by atoms with Gasteiger partial charge in [0.2, 0.25) is 5.91 Å². The first-order chi connectivity index (χ1) is 6.91. The topological polar surface area (TPSA) is 52.6 Å². The zero-order valence-electron chi connectivity index (χ0n) is 10.3. The maximum atomic E-state index is 11.4. The molecule has 0 aliphatic heterocycles. The molecule has 1 amide bonds. The molecule has 4 nitrogen and oxygen atoms in total. The monoisotopic (exact) mass is 216 g/mol. The Morgan fingerprint density at radius 3 is 2.40 bits per heavy atom. The fourth-order valence-electron chi connectivity index (χ4n) is 1.21. The Morgan fingerprint density at radius 2 is 1.93 bits per heavy atom. The van der Waals surface area contributed by atoms with Crippen molar-refractivity contribution >= 4 is 5.91 Å². The van der Waals surface area contributed by atoms with E-state index < -0.39 is 6.10 Å². The van der Waals surface area contributed by atoms with Crippen LogP contribution in [0.1, 0.15) is 33.1 Å². The Balaban J connectivity index is 3.57. The third kappa shape index (κ3) is 9.69. The molecule has 0 aromatic rings. The summed E-state index contributed by atoms with van der Waals surface area (Å²) in [5.41, 5.74) is 0. The van der Waals surface area contributed by atoms with E-state index in [2.05, 4.69) is 10.2 Å². The summed E-state index contributed by atoms with van der Waals surface area (Å²) in [4.78, 5) is 13.5. The minimum absolute atomic E-state index is 0.0298. The maximum Gasteiger partial charge on any atom is 0.220 e. The Morgan fingerprint density at radius 1 is 1.33 bits per heavy atom. The highest BCUT2D eigenvalue weighted by Gasteiger charge is 2.08. The molecule has 0 aromatic carbocycles. The van der Waals surface area contributed by atoms with Gasteiger partial charge in [-0.3, -0.25) is 4.79 Å². The molecule has 2 unspecified atom stereocenters. The molecule has 0 aliphatic carbocycles. The van der Waals surface area contributed by atoms with E-state index in [0.717, 1.165) is 13.0 Å². The van der Waals surface area contributed by atoms with Crippen LogP contribution in [-0.2, 0) is 4.79 Å². The molecule has 0 spiro atoms. The number of aliphatic hydroxyl groups excluding tert-OH is 1. The van der Waals surface area contributed by atoms with Crippen LogP contribution >= 0.6 is 0 Å². The highest BCUT2D eigenvalue weighted by Crippen LogP contribution is 1.98. The van der Waals surface area contributed by atoms with Crippen LogP contribution in [0.25, 0.3) is 0 Å². The summed E-state index contributed by atoms with van der Waals surface area (Å²) in [6, 6.07) is 0.203. The molecule has 0 saturated heterocycles. The molecule has 0 aromatic heterocycles. The SMILES string of the molecule is CC(O)CCC(=O)NC(C)CCN(C)C. The largest absolute Gasteiger partial charge is 0.393 e. The summed E-state index contributed by atoms with van der Waals surface area (Å²) < 4.78 is 0. The van der Waals surface area contributed by atoms with Gasteiger partial charge in [-0.05, 0) is 47.3 Å². The van der Waals surface area contributed by atoms with Crippen molar-refractivity contribution in [3.8, 4) is 0 Å². The van der Waals surface area contributed by atoms with Crippen LogP contribution in [0.15, 0.2) is 0 Å². The maximum absolute atomic E-state index is 11.4. The zero-order chi connectivity index (χ0) is 11.8. The first kappa shape index (κ1) is 14.4. The summed E-state index contributed by atoms with van der Waals surface area (Å²) in [7, 11) is 4.03. The van der Waals surface area contributed by atoms with Crippen LogP contribution in [-0.4, -0.2) is 48.7 Å². The van der Waals surface area contributed by atoms with Crippen LogP contribution < -0.4 is 5.32 Å². The predicted octanol–water partition coefficient (Wildman–Crippen LogP) is 0.604. The van der Waals surface area contributed by atoms with E-state index in [1.165, 1.54) is 0 Å². The zero-order valence-corrected chi connectivity index (χ0v) is 10.3. The number of hydrogen-bond donors (Lipinski definition) is 2. The molecule has 0 heterocycles. The fraction of sp³-hybridized carbons (Fsp3) is 0.909. The van der Waals surface area contributed by atoms with E-state index in [1.54, 1.807) is 6.92 Å². The number of carbonyl (C=O) groups excluding carboxylic acids is 1.